The van der Waals surface area contributed by atoms with Gasteiger partial charge in [0.2, 0.25) is 0 Å². The van der Waals surface area contributed by atoms with Gasteiger partial charge in [-0.3, -0.25) is 4.98 Å². The number of nitrogens with zero attached hydrogens (tertiary/aromatic N) is 3. The quantitative estimate of drug-likeness (QED) is 0.194. The summed E-state index contributed by atoms with van der Waals surface area (Å²) < 4.78 is 0. The van der Waals surface area contributed by atoms with Crippen LogP contribution in [0.5, 0.6) is 0 Å². The summed E-state index contributed by atoms with van der Waals surface area (Å²) in [5.74, 6) is 0.696. The van der Waals surface area contributed by atoms with E-state index in [1.54, 1.807) is 6.20 Å². The first-order valence-electron chi connectivity index (χ1n) is 15.4. The van der Waals surface area contributed by atoms with Crippen molar-refractivity contribution in [1.29, 1.82) is 0 Å². The van der Waals surface area contributed by atoms with Gasteiger partial charge in [0.25, 0.3) is 0 Å². The van der Waals surface area contributed by atoms with E-state index < -0.39 is 0 Å². The molecule has 0 radical (unpaired) electrons. The number of fused-ring (bicyclic) bond motifs is 1. The second kappa shape index (κ2) is 12.1. The first-order chi connectivity index (χ1) is 22.8. The monoisotopic (exact) mass is 587 g/mol. The normalized spacial score (nSPS) is 11.0. The molecular weight excluding hydrogens is 558 g/mol. The topological polar surface area (TPSA) is 38.7 Å². The van der Waals surface area contributed by atoms with Crippen LogP contribution in [0.3, 0.4) is 0 Å². The fourth-order valence-electron chi connectivity index (χ4n) is 5.98. The minimum atomic E-state index is 0.696. The maximum atomic E-state index is 5.10. The second-order valence-electron chi connectivity index (χ2n) is 11.3. The number of pyridine rings is 1. The van der Waals surface area contributed by atoms with E-state index in [0.29, 0.717) is 5.82 Å². The van der Waals surface area contributed by atoms with Gasteiger partial charge in [-0.2, -0.15) is 0 Å². The molecule has 0 fully saturated rings. The Bertz CT molecular complexity index is 2150. The van der Waals surface area contributed by atoms with E-state index in [-0.39, 0.29) is 0 Å². The highest BCUT2D eigenvalue weighted by Crippen LogP contribution is 2.33. The number of benzene rings is 6. The standard InChI is InChI=1S/C43H29N3/c1-2-8-30(9-3-1)31-17-25-37(26-18-31)43-45-41(35-21-15-32(16-22-35)38-12-7-27-44-29-38)28-42(46-43)36-23-19-34(20-24-36)40-14-6-11-33-10-4-5-13-39(33)40/h1-29H. The van der Waals surface area contributed by atoms with E-state index in [1.807, 2.05) is 18.3 Å². The molecule has 0 unspecified atom stereocenters. The average Bonchev–Trinajstić information content (AvgIpc) is 3.15. The van der Waals surface area contributed by atoms with Crippen molar-refractivity contribution < 1.29 is 0 Å². The van der Waals surface area contributed by atoms with Crippen molar-refractivity contribution in [3.8, 4) is 67.3 Å². The van der Waals surface area contributed by atoms with Crippen molar-refractivity contribution >= 4 is 10.8 Å². The maximum Gasteiger partial charge on any atom is 0.160 e. The highest BCUT2D eigenvalue weighted by atomic mass is 14.9. The molecule has 6 aromatic carbocycles. The molecule has 3 nitrogen and oxygen atoms in total. The minimum absolute atomic E-state index is 0.696. The van der Waals surface area contributed by atoms with E-state index in [1.165, 1.54) is 27.5 Å². The molecule has 0 N–H and O–H groups in total. The van der Waals surface area contributed by atoms with Gasteiger partial charge < -0.3 is 0 Å². The van der Waals surface area contributed by atoms with Crippen LogP contribution >= 0.6 is 0 Å². The molecule has 2 aromatic heterocycles. The summed E-state index contributed by atoms with van der Waals surface area (Å²) in [4.78, 5) is 14.5. The zero-order valence-electron chi connectivity index (χ0n) is 25.1. The molecule has 0 atom stereocenters. The summed E-state index contributed by atoms with van der Waals surface area (Å²) in [6.45, 7) is 0. The van der Waals surface area contributed by atoms with Crippen LogP contribution in [0.1, 0.15) is 0 Å². The number of hydrogen-bond donors (Lipinski definition) is 0. The smallest absolute Gasteiger partial charge is 0.160 e. The van der Waals surface area contributed by atoms with Crippen molar-refractivity contribution in [2.45, 2.75) is 0 Å². The Morgan fingerprint density at radius 2 is 0.870 bits per heavy atom. The van der Waals surface area contributed by atoms with Crippen LogP contribution in [-0.2, 0) is 0 Å². The summed E-state index contributed by atoms with van der Waals surface area (Å²) in [5.41, 5.74) is 11.8. The van der Waals surface area contributed by atoms with E-state index in [0.717, 1.165) is 44.8 Å². The lowest BCUT2D eigenvalue weighted by Crippen LogP contribution is -1.96. The molecule has 0 bridgehead atoms. The molecule has 46 heavy (non-hydrogen) atoms. The Morgan fingerprint density at radius 3 is 1.54 bits per heavy atom. The molecule has 3 heteroatoms. The molecule has 2 heterocycles. The largest absolute Gasteiger partial charge is 0.264 e. The molecule has 8 rings (SSSR count). The summed E-state index contributed by atoms with van der Waals surface area (Å²) in [5, 5.41) is 2.49. The second-order valence-corrected chi connectivity index (χ2v) is 11.3. The van der Waals surface area contributed by atoms with Gasteiger partial charge in [-0.25, -0.2) is 9.97 Å². The van der Waals surface area contributed by atoms with Crippen LogP contribution in [0.4, 0.5) is 0 Å². The fraction of sp³-hybridized carbons (Fsp3) is 0. The van der Waals surface area contributed by atoms with Crippen LogP contribution in [0, 0.1) is 0 Å². The highest BCUT2D eigenvalue weighted by Gasteiger charge is 2.12. The third-order valence-corrected chi connectivity index (χ3v) is 8.43. The van der Waals surface area contributed by atoms with Gasteiger partial charge in [0.15, 0.2) is 5.82 Å². The van der Waals surface area contributed by atoms with Crippen molar-refractivity contribution in [2.75, 3.05) is 0 Å². The molecule has 0 saturated carbocycles. The van der Waals surface area contributed by atoms with Crippen LogP contribution in [0.15, 0.2) is 176 Å². The predicted molar refractivity (Wildman–Crippen MR) is 190 cm³/mol. The third-order valence-electron chi connectivity index (χ3n) is 8.43. The van der Waals surface area contributed by atoms with E-state index >= 15 is 0 Å². The Kier molecular flexibility index (Phi) is 7.18. The summed E-state index contributed by atoms with van der Waals surface area (Å²) in [7, 11) is 0. The van der Waals surface area contributed by atoms with Crippen molar-refractivity contribution in [2.24, 2.45) is 0 Å². The number of rotatable bonds is 6. The SMILES string of the molecule is c1ccc(-c2ccc(-c3nc(-c4ccc(-c5cccnc5)cc4)cc(-c4ccc(-c5cccc6ccccc56)cc4)n3)cc2)cc1. The molecule has 0 saturated heterocycles. The van der Waals surface area contributed by atoms with Gasteiger partial charge in [0.05, 0.1) is 11.4 Å². The molecule has 0 aliphatic heterocycles. The Hall–Kier alpha value is -6.19. The van der Waals surface area contributed by atoms with Gasteiger partial charge in [-0.1, -0.05) is 152 Å². The first kappa shape index (κ1) is 27.4. The predicted octanol–water partition coefficient (Wildman–Crippen LogP) is 11.0. The lowest BCUT2D eigenvalue weighted by molar-refractivity contribution is 1.18. The van der Waals surface area contributed by atoms with Gasteiger partial charge in [0, 0.05) is 29.1 Å². The molecule has 216 valence electrons. The fourth-order valence-corrected chi connectivity index (χ4v) is 5.98. The maximum absolute atomic E-state index is 5.10. The van der Waals surface area contributed by atoms with E-state index in [9.17, 15) is 0 Å². The van der Waals surface area contributed by atoms with E-state index in [2.05, 4.69) is 157 Å². The van der Waals surface area contributed by atoms with Gasteiger partial charge in [-0.15, -0.1) is 0 Å². The zero-order valence-corrected chi connectivity index (χ0v) is 25.1. The molecule has 8 aromatic rings. The van der Waals surface area contributed by atoms with Crippen molar-refractivity contribution in [3.05, 3.63) is 176 Å². The lowest BCUT2D eigenvalue weighted by atomic mass is 9.97. The summed E-state index contributed by atoms with van der Waals surface area (Å²) in [6, 6.07) is 57.3. The molecule has 0 aliphatic carbocycles. The van der Waals surface area contributed by atoms with Crippen molar-refractivity contribution in [1.82, 2.24) is 15.0 Å². The first-order valence-corrected chi connectivity index (χ1v) is 15.4. The summed E-state index contributed by atoms with van der Waals surface area (Å²) in [6.07, 6.45) is 3.68. The van der Waals surface area contributed by atoms with Gasteiger partial charge in [-0.05, 0) is 56.3 Å². The molecular formula is C43H29N3. The van der Waals surface area contributed by atoms with Gasteiger partial charge in [0.1, 0.15) is 0 Å². The minimum Gasteiger partial charge on any atom is -0.264 e. The zero-order chi connectivity index (χ0) is 30.7. The van der Waals surface area contributed by atoms with Crippen LogP contribution < -0.4 is 0 Å². The summed E-state index contributed by atoms with van der Waals surface area (Å²) >= 11 is 0. The highest BCUT2D eigenvalue weighted by molar-refractivity contribution is 5.96. The van der Waals surface area contributed by atoms with E-state index in [4.69, 9.17) is 9.97 Å². The van der Waals surface area contributed by atoms with Crippen LogP contribution in [0.2, 0.25) is 0 Å². The average molecular weight is 588 g/mol. The van der Waals surface area contributed by atoms with Gasteiger partial charge >= 0.3 is 0 Å². The molecule has 0 spiro atoms. The third kappa shape index (κ3) is 5.47. The lowest BCUT2D eigenvalue weighted by Gasteiger charge is -2.12. The number of hydrogen-bond acceptors (Lipinski definition) is 3. The Balaban J connectivity index is 1.19. The Labute approximate surface area is 268 Å². The molecule has 0 amide bonds. The van der Waals surface area contributed by atoms with Crippen molar-refractivity contribution in [3.63, 3.8) is 0 Å². The van der Waals surface area contributed by atoms with Crippen LogP contribution in [-0.4, -0.2) is 15.0 Å². The Morgan fingerprint density at radius 1 is 0.348 bits per heavy atom. The molecule has 0 aliphatic rings. The number of aromatic nitrogens is 3. The van der Waals surface area contributed by atoms with Crippen LogP contribution in [0.25, 0.3) is 78.1 Å².